The molecule has 0 atom stereocenters. The fourth-order valence-corrected chi connectivity index (χ4v) is 2.10. The zero-order valence-electron chi connectivity index (χ0n) is 9.93. The summed E-state index contributed by atoms with van der Waals surface area (Å²) in [5.41, 5.74) is 8.79. The molecule has 0 spiro atoms. The third-order valence-electron chi connectivity index (χ3n) is 2.49. The molecule has 17 heavy (non-hydrogen) atoms. The number of hydrogen-bond donors (Lipinski definition) is 1. The van der Waals surface area contributed by atoms with Crippen molar-refractivity contribution < 1.29 is 0 Å². The first kappa shape index (κ1) is 11.8. The molecule has 2 aromatic heterocycles. The second-order valence-corrected chi connectivity index (χ2v) is 4.61. The molecule has 0 radical (unpaired) electrons. The van der Waals surface area contributed by atoms with Crippen molar-refractivity contribution in [3.8, 4) is 0 Å². The van der Waals surface area contributed by atoms with Gasteiger partial charge in [0.1, 0.15) is 5.03 Å². The van der Waals surface area contributed by atoms with Crippen LogP contribution in [-0.2, 0) is 0 Å². The summed E-state index contributed by atoms with van der Waals surface area (Å²) in [6.45, 7) is 5.94. The van der Waals surface area contributed by atoms with Gasteiger partial charge in [-0.2, -0.15) is 0 Å². The number of rotatable bonds is 2. The van der Waals surface area contributed by atoms with Crippen LogP contribution in [0.4, 0.5) is 5.82 Å². The Bertz CT molecular complexity index is 532. The highest BCUT2D eigenvalue weighted by Crippen LogP contribution is 2.26. The zero-order chi connectivity index (χ0) is 12.4. The first-order valence-electron chi connectivity index (χ1n) is 5.14. The summed E-state index contributed by atoms with van der Waals surface area (Å²) in [4.78, 5) is 16.9. The van der Waals surface area contributed by atoms with E-state index in [0.29, 0.717) is 16.0 Å². The monoisotopic (exact) mass is 247 g/mol. The molecule has 0 unspecified atom stereocenters. The molecule has 0 bridgehead atoms. The molecular formula is C11H13N5S. The highest BCUT2D eigenvalue weighted by atomic mass is 32.2. The van der Waals surface area contributed by atoms with Gasteiger partial charge in [-0.05, 0) is 38.1 Å². The topological polar surface area (TPSA) is 77.6 Å². The van der Waals surface area contributed by atoms with Crippen LogP contribution in [0, 0.1) is 20.8 Å². The van der Waals surface area contributed by atoms with Crippen LogP contribution in [0.25, 0.3) is 0 Å². The van der Waals surface area contributed by atoms with Crippen LogP contribution in [0.3, 0.4) is 0 Å². The van der Waals surface area contributed by atoms with E-state index in [0.717, 1.165) is 17.0 Å². The van der Waals surface area contributed by atoms with E-state index >= 15 is 0 Å². The number of nitrogens with zero attached hydrogens (tertiary/aromatic N) is 4. The van der Waals surface area contributed by atoms with Gasteiger partial charge in [0.25, 0.3) is 0 Å². The Morgan fingerprint density at radius 2 is 1.59 bits per heavy atom. The number of nitrogens with two attached hydrogens (primary N) is 1. The summed E-state index contributed by atoms with van der Waals surface area (Å²) >= 11 is 1.33. The Morgan fingerprint density at radius 3 is 2.18 bits per heavy atom. The van der Waals surface area contributed by atoms with Crippen molar-refractivity contribution >= 4 is 17.6 Å². The molecule has 0 aromatic carbocycles. The van der Waals surface area contributed by atoms with Crippen LogP contribution in [0.2, 0.25) is 0 Å². The maximum absolute atomic E-state index is 5.72. The third-order valence-corrected chi connectivity index (χ3v) is 3.36. The summed E-state index contributed by atoms with van der Waals surface area (Å²) in [5.74, 6) is 0.400. The fraction of sp³-hybridized carbons (Fsp3) is 0.273. The first-order chi connectivity index (χ1) is 8.08. The highest BCUT2D eigenvalue weighted by Gasteiger charge is 2.09. The Hall–Kier alpha value is -1.69. The maximum atomic E-state index is 5.72. The number of anilines is 1. The molecule has 0 aliphatic carbocycles. The van der Waals surface area contributed by atoms with Gasteiger partial charge in [0.15, 0.2) is 11.0 Å². The van der Waals surface area contributed by atoms with Crippen molar-refractivity contribution in [3.63, 3.8) is 0 Å². The number of aryl methyl sites for hydroxylation is 2. The van der Waals surface area contributed by atoms with Crippen molar-refractivity contribution in [2.24, 2.45) is 0 Å². The normalized spacial score (nSPS) is 10.5. The molecule has 0 saturated heterocycles. The summed E-state index contributed by atoms with van der Waals surface area (Å²) in [7, 11) is 0. The molecule has 2 rings (SSSR count). The second-order valence-electron chi connectivity index (χ2n) is 3.65. The molecule has 2 N–H and O–H groups in total. The van der Waals surface area contributed by atoms with Gasteiger partial charge in [-0.1, -0.05) is 0 Å². The average Bonchev–Trinajstić information content (AvgIpc) is 2.29. The van der Waals surface area contributed by atoms with Gasteiger partial charge in [0.05, 0.1) is 0 Å². The largest absolute Gasteiger partial charge is 0.381 e. The van der Waals surface area contributed by atoms with Crippen LogP contribution in [0.1, 0.15) is 17.0 Å². The highest BCUT2D eigenvalue weighted by molar-refractivity contribution is 7.99. The number of nitrogen functional groups attached to an aromatic ring is 1. The lowest BCUT2D eigenvalue weighted by molar-refractivity contribution is 0.877. The number of aromatic nitrogens is 4. The van der Waals surface area contributed by atoms with Crippen LogP contribution in [0.15, 0.2) is 22.6 Å². The van der Waals surface area contributed by atoms with Crippen molar-refractivity contribution in [2.45, 2.75) is 31.0 Å². The Balaban J connectivity index is 2.34. The standard InChI is InChI=1S/C11H13N5S/c1-6-7(2)15-11(16-8(6)3)17-10-9(12)13-4-5-14-10/h4-5H,1-3H3,(H2,12,13). The van der Waals surface area contributed by atoms with E-state index in [1.807, 2.05) is 20.8 Å². The van der Waals surface area contributed by atoms with Gasteiger partial charge < -0.3 is 5.73 Å². The lowest BCUT2D eigenvalue weighted by Crippen LogP contribution is -2.00. The Kier molecular flexibility index (Phi) is 3.23. The minimum atomic E-state index is 0.400. The van der Waals surface area contributed by atoms with E-state index in [-0.39, 0.29) is 0 Å². The SMILES string of the molecule is Cc1nc(Sc2nccnc2N)nc(C)c1C. The van der Waals surface area contributed by atoms with Crippen molar-refractivity contribution in [3.05, 3.63) is 29.3 Å². The lowest BCUT2D eigenvalue weighted by atomic mass is 10.2. The van der Waals surface area contributed by atoms with Crippen LogP contribution in [-0.4, -0.2) is 19.9 Å². The van der Waals surface area contributed by atoms with E-state index in [1.54, 1.807) is 12.4 Å². The van der Waals surface area contributed by atoms with Crippen LogP contribution >= 0.6 is 11.8 Å². The third kappa shape index (κ3) is 2.52. The molecule has 0 amide bonds. The van der Waals surface area contributed by atoms with E-state index in [9.17, 15) is 0 Å². The molecule has 0 aliphatic rings. The predicted molar refractivity (Wildman–Crippen MR) is 66.8 cm³/mol. The van der Waals surface area contributed by atoms with Gasteiger partial charge in [0.2, 0.25) is 0 Å². The van der Waals surface area contributed by atoms with Crippen molar-refractivity contribution in [1.82, 2.24) is 19.9 Å². The van der Waals surface area contributed by atoms with E-state index < -0.39 is 0 Å². The quantitative estimate of drug-likeness (QED) is 0.817. The van der Waals surface area contributed by atoms with E-state index in [4.69, 9.17) is 5.73 Å². The van der Waals surface area contributed by atoms with E-state index in [2.05, 4.69) is 19.9 Å². The fourth-order valence-electron chi connectivity index (χ4n) is 1.29. The summed E-state index contributed by atoms with van der Waals surface area (Å²) < 4.78 is 0. The second kappa shape index (κ2) is 4.67. The van der Waals surface area contributed by atoms with Gasteiger partial charge in [0, 0.05) is 23.8 Å². The molecular weight excluding hydrogens is 234 g/mol. The molecule has 0 fully saturated rings. The van der Waals surface area contributed by atoms with Crippen molar-refractivity contribution in [2.75, 3.05) is 5.73 Å². The molecule has 0 saturated carbocycles. The molecule has 0 aliphatic heterocycles. The van der Waals surface area contributed by atoms with Crippen molar-refractivity contribution in [1.29, 1.82) is 0 Å². The van der Waals surface area contributed by atoms with Gasteiger partial charge in [-0.25, -0.2) is 19.9 Å². The number of hydrogen-bond acceptors (Lipinski definition) is 6. The molecule has 2 aromatic rings. The van der Waals surface area contributed by atoms with Gasteiger partial charge in [-0.3, -0.25) is 0 Å². The Morgan fingerprint density at radius 1 is 1.00 bits per heavy atom. The smallest absolute Gasteiger partial charge is 0.194 e. The molecule has 2 heterocycles. The average molecular weight is 247 g/mol. The van der Waals surface area contributed by atoms with E-state index in [1.165, 1.54) is 11.8 Å². The van der Waals surface area contributed by atoms with Crippen LogP contribution < -0.4 is 5.73 Å². The summed E-state index contributed by atoms with van der Waals surface area (Å²) in [6, 6.07) is 0. The first-order valence-corrected chi connectivity index (χ1v) is 5.95. The molecule has 5 nitrogen and oxygen atoms in total. The Labute approximate surface area is 104 Å². The van der Waals surface area contributed by atoms with Gasteiger partial charge >= 0.3 is 0 Å². The summed E-state index contributed by atoms with van der Waals surface area (Å²) in [5, 5.41) is 1.29. The maximum Gasteiger partial charge on any atom is 0.194 e. The molecule has 88 valence electrons. The molecule has 6 heteroatoms. The summed E-state index contributed by atoms with van der Waals surface area (Å²) in [6.07, 6.45) is 3.17. The minimum Gasteiger partial charge on any atom is -0.381 e. The minimum absolute atomic E-state index is 0.400. The lowest BCUT2D eigenvalue weighted by Gasteiger charge is -2.06. The zero-order valence-corrected chi connectivity index (χ0v) is 10.7. The van der Waals surface area contributed by atoms with Crippen LogP contribution in [0.5, 0.6) is 0 Å². The van der Waals surface area contributed by atoms with Gasteiger partial charge in [-0.15, -0.1) is 0 Å². The predicted octanol–water partition coefficient (Wildman–Crippen LogP) is 1.93.